The van der Waals surface area contributed by atoms with Gasteiger partial charge >= 0.3 is 6.18 Å². The number of hydrogen-bond donors (Lipinski definition) is 1. The summed E-state index contributed by atoms with van der Waals surface area (Å²) in [5, 5.41) is 2.71. The van der Waals surface area contributed by atoms with Crippen LogP contribution < -0.4 is 10.2 Å². The Morgan fingerprint density at radius 3 is 2.23 bits per heavy atom. The van der Waals surface area contributed by atoms with Gasteiger partial charge in [-0.05, 0) is 60.7 Å². The number of rotatable bonds is 5. The third-order valence-electron chi connectivity index (χ3n) is 6.47. The number of hydrogen-bond acceptors (Lipinski definition) is 4. The van der Waals surface area contributed by atoms with Crippen molar-refractivity contribution in [3.8, 4) is 11.3 Å². The molecule has 10 heteroatoms. The lowest BCUT2D eigenvalue weighted by Gasteiger charge is -2.36. The number of benzene rings is 3. The molecule has 0 atom stereocenters. The van der Waals surface area contributed by atoms with Crippen LogP contribution in [0, 0.1) is 5.82 Å². The zero-order valence-electron chi connectivity index (χ0n) is 20.5. The molecule has 1 aliphatic heterocycles. The van der Waals surface area contributed by atoms with E-state index in [0.717, 1.165) is 17.8 Å². The van der Waals surface area contributed by atoms with Crippen LogP contribution in [0.4, 0.5) is 28.9 Å². The van der Waals surface area contributed by atoms with Crippen LogP contribution in [0.1, 0.15) is 26.5 Å². The number of piperazine rings is 1. The van der Waals surface area contributed by atoms with E-state index >= 15 is 0 Å². The molecule has 0 spiro atoms. The number of nitrogens with zero attached hydrogens (tertiary/aromatic N) is 2. The Hall–Kier alpha value is -4.60. The topological polar surface area (TPSA) is 65.8 Å². The predicted octanol–water partition coefficient (Wildman–Crippen LogP) is 6.32. The van der Waals surface area contributed by atoms with Gasteiger partial charge in [0.25, 0.3) is 11.8 Å². The van der Waals surface area contributed by atoms with Crippen molar-refractivity contribution in [3.63, 3.8) is 0 Å². The number of amides is 2. The first-order valence-electron chi connectivity index (χ1n) is 12.2. The minimum absolute atomic E-state index is 0.0397. The first kappa shape index (κ1) is 26.0. The zero-order chi connectivity index (χ0) is 27.6. The van der Waals surface area contributed by atoms with Gasteiger partial charge in [-0.1, -0.05) is 24.3 Å². The van der Waals surface area contributed by atoms with E-state index < -0.39 is 23.5 Å². The van der Waals surface area contributed by atoms with E-state index in [-0.39, 0.29) is 28.6 Å². The molecule has 2 amide bonds. The van der Waals surface area contributed by atoms with Crippen LogP contribution in [-0.2, 0) is 6.18 Å². The number of anilines is 2. The quantitative estimate of drug-likeness (QED) is 0.303. The average molecular weight is 538 g/mol. The highest BCUT2D eigenvalue weighted by Gasteiger charge is 2.30. The third-order valence-corrected chi connectivity index (χ3v) is 6.47. The Morgan fingerprint density at radius 2 is 1.54 bits per heavy atom. The molecule has 1 aliphatic rings. The second-order valence-electron chi connectivity index (χ2n) is 9.00. The van der Waals surface area contributed by atoms with Gasteiger partial charge in [0.15, 0.2) is 5.76 Å². The number of carbonyl (C=O) groups is 2. The molecule has 0 saturated carbocycles. The summed E-state index contributed by atoms with van der Waals surface area (Å²) >= 11 is 0. The highest BCUT2D eigenvalue weighted by molar-refractivity contribution is 6.02. The van der Waals surface area contributed by atoms with Crippen LogP contribution in [0.15, 0.2) is 89.3 Å². The van der Waals surface area contributed by atoms with Crippen LogP contribution >= 0.6 is 0 Å². The lowest BCUT2D eigenvalue weighted by Crippen LogP contribution is -2.49. The van der Waals surface area contributed by atoms with E-state index in [9.17, 15) is 27.2 Å². The number of carbonyl (C=O) groups excluding carboxylic acids is 2. The van der Waals surface area contributed by atoms with Gasteiger partial charge in [0.2, 0.25) is 0 Å². The van der Waals surface area contributed by atoms with Crippen molar-refractivity contribution in [2.24, 2.45) is 0 Å². The van der Waals surface area contributed by atoms with E-state index in [4.69, 9.17) is 4.42 Å². The van der Waals surface area contributed by atoms with E-state index in [1.54, 1.807) is 29.2 Å². The lowest BCUT2D eigenvalue weighted by atomic mass is 10.1. The van der Waals surface area contributed by atoms with Crippen LogP contribution in [-0.4, -0.2) is 42.9 Å². The Morgan fingerprint density at radius 1 is 0.821 bits per heavy atom. The van der Waals surface area contributed by atoms with E-state index in [0.29, 0.717) is 31.9 Å². The van der Waals surface area contributed by atoms with Crippen molar-refractivity contribution in [2.75, 3.05) is 36.4 Å². The summed E-state index contributed by atoms with van der Waals surface area (Å²) < 4.78 is 58.5. The maximum absolute atomic E-state index is 14.0. The van der Waals surface area contributed by atoms with Crippen LogP contribution in [0.3, 0.4) is 0 Å². The summed E-state index contributed by atoms with van der Waals surface area (Å²) in [7, 11) is 0. The smallest absolute Gasteiger partial charge is 0.416 e. The molecule has 6 nitrogen and oxygen atoms in total. The fourth-order valence-electron chi connectivity index (χ4n) is 4.38. The van der Waals surface area contributed by atoms with E-state index in [2.05, 4.69) is 10.2 Å². The van der Waals surface area contributed by atoms with Crippen molar-refractivity contribution in [2.45, 2.75) is 6.18 Å². The molecule has 0 unspecified atom stereocenters. The van der Waals surface area contributed by atoms with Crippen LogP contribution in [0.25, 0.3) is 11.3 Å². The Bertz CT molecular complexity index is 1490. The van der Waals surface area contributed by atoms with Crippen molar-refractivity contribution < 1.29 is 31.6 Å². The molecule has 0 bridgehead atoms. The molecular weight excluding hydrogens is 514 g/mol. The second-order valence-corrected chi connectivity index (χ2v) is 9.00. The van der Waals surface area contributed by atoms with Crippen molar-refractivity contribution in [1.29, 1.82) is 0 Å². The van der Waals surface area contributed by atoms with Crippen molar-refractivity contribution in [3.05, 3.63) is 108 Å². The molecule has 1 N–H and O–H groups in total. The maximum Gasteiger partial charge on any atom is 0.416 e. The van der Waals surface area contributed by atoms with Crippen LogP contribution in [0.2, 0.25) is 0 Å². The summed E-state index contributed by atoms with van der Waals surface area (Å²) in [4.78, 5) is 29.0. The Labute approximate surface area is 221 Å². The molecule has 1 aromatic heterocycles. The van der Waals surface area contributed by atoms with Gasteiger partial charge < -0.3 is 19.5 Å². The summed E-state index contributed by atoms with van der Waals surface area (Å²) in [6.45, 7) is 2.02. The average Bonchev–Trinajstić information content (AvgIpc) is 3.44. The zero-order valence-corrected chi connectivity index (χ0v) is 20.5. The Balaban J connectivity index is 1.18. The van der Waals surface area contributed by atoms with Crippen LogP contribution in [0.5, 0.6) is 0 Å². The molecule has 0 aliphatic carbocycles. The first-order valence-corrected chi connectivity index (χ1v) is 12.2. The molecule has 3 aromatic carbocycles. The highest BCUT2D eigenvalue weighted by Crippen LogP contribution is 2.33. The van der Waals surface area contributed by atoms with E-state index in [1.165, 1.54) is 36.4 Å². The largest absolute Gasteiger partial charge is 0.451 e. The molecule has 0 radical (unpaired) electrons. The molecule has 39 heavy (non-hydrogen) atoms. The normalized spacial score (nSPS) is 13.8. The minimum Gasteiger partial charge on any atom is -0.451 e. The van der Waals surface area contributed by atoms with Crippen molar-refractivity contribution >= 4 is 23.2 Å². The summed E-state index contributed by atoms with van der Waals surface area (Å²) in [6.07, 6.45) is -4.48. The predicted molar refractivity (Wildman–Crippen MR) is 138 cm³/mol. The van der Waals surface area contributed by atoms with E-state index in [1.807, 2.05) is 12.1 Å². The summed E-state index contributed by atoms with van der Waals surface area (Å²) in [6, 6.07) is 20.6. The molecule has 5 rings (SSSR count). The van der Waals surface area contributed by atoms with Gasteiger partial charge in [-0.25, -0.2) is 4.39 Å². The molecular formula is C29H23F4N3O3. The maximum atomic E-state index is 14.0. The first-order chi connectivity index (χ1) is 18.7. The van der Waals surface area contributed by atoms with Gasteiger partial charge in [-0.3, -0.25) is 9.59 Å². The fraction of sp³-hybridized carbons (Fsp3) is 0.172. The minimum atomic E-state index is -4.48. The Kier molecular flexibility index (Phi) is 7.10. The van der Waals surface area contributed by atoms with Gasteiger partial charge in [-0.15, -0.1) is 0 Å². The number of alkyl halides is 3. The van der Waals surface area contributed by atoms with Gasteiger partial charge in [-0.2, -0.15) is 13.2 Å². The fourth-order valence-corrected chi connectivity index (χ4v) is 4.38. The van der Waals surface area contributed by atoms with Gasteiger partial charge in [0, 0.05) is 43.1 Å². The van der Waals surface area contributed by atoms with Gasteiger partial charge in [0.05, 0.1) is 11.1 Å². The number of nitrogens with one attached hydrogen (secondary N) is 1. The number of furan rings is 1. The monoisotopic (exact) mass is 537 g/mol. The summed E-state index contributed by atoms with van der Waals surface area (Å²) in [5.41, 5.74) is 0.874. The molecule has 200 valence electrons. The SMILES string of the molecule is O=C(Nc1ccc(N2CCN(C(=O)c3ccccc3F)CC2)cc1)c1ccc(-c2cccc(C(F)(F)F)c2)o1. The van der Waals surface area contributed by atoms with Crippen molar-refractivity contribution in [1.82, 2.24) is 4.90 Å². The summed E-state index contributed by atoms with van der Waals surface area (Å²) in [5.74, 6) is -1.30. The molecule has 2 heterocycles. The molecule has 1 fully saturated rings. The standard InChI is InChI=1S/C29H23F4N3O3/c30-24-7-2-1-6-23(24)28(38)36-16-14-35(15-17-36)22-10-8-21(9-11-22)34-27(37)26-13-12-25(39-26)19-4-3-5-20(18-19)29(31,32)33/h1-13,18H,14-17H2,(H,34,37). The number of halogens is 4. The molecule has 4 aromatic rings. The second kappa shape index (κ2) is 10.6. The lowest BCUT2D eigenvalue weighted by molar-refractivity contribution is -0.137. The third kappa shape index (κ3) is 5.79. The molecule has 1 saturated heterocycles. The van der Waals surface area contributed by atoms with Gasteiger partial charge in [0.1, 0.15) is 11.6 Å². The highest BCUT2D eigenvalue weighted by atomic mass is 19.4.